The van der Waals surface area contributed by atoms with Crippen LogP contribution in [-0.4, -0.2) is 42.4 Å². The maximum absolute atomic E-state index is 10.2. The smallest absolute Gasteiger partial charge is 0.123 e. The molecule has 1 aromatic carbocycles. The molecule has 120 valence electrons. The topological polar surface area (TPSA) is 58.7 Å². The predicted molar refractivity (Wildman–Crippen MR) is 87.4 cm³/mol. The van der Waals surface area contributed by atoms with Gasteiger partial charge < -0.3 is 20.5 Å². The third-order valence-corrected chi connectivity index (χ3v) is 3.81. The van der Waals surface area contributed by atoms with Crippen molar-refractivity contribution in [2.24, 2.45) is 11.7 Å². The molecule has 2 atom stereocenters. The number of nitrogens with two attached hydrogens (primary N) is 1. The van der Waals surface area contributed by atoms with Crippen molar-refractivity contribution in [3.63, 3.8) is 0 Å². The van der Waals surface area contributed by atoms with Crippen molar-refractivity contribution in [1.29, 1.82) is 0 Å². The molecule has 0 radical (unpaired) electrons. The van der Waals surface area contributed by atoms with Gasteiger partial charge in [-0.25, -0.2) is 0 Å². The van der Waals surface area contributed by atoms with Gasteiger partial charge in [0, 0.05) is 25.2 Å². The van der Waals surface area contributed by atoms with Gasteiger partial charge in [-0.1, -0.05) is 45.4 Å². The van der Waals surface area contributed by atoms with Crippen molar-refractivity contribution in [2.75, 3.05) is 26.2 Å². The molecular formula is C17H30N2O2. The lowest BCUT2D eigenvalue weighted by Crippen LogP contribution is -2.38. The second-order valence-electron chi connectivity index (χ2n) is 5.64. The van der Waals surface area contributed by atoms with Crippen LogP contribution in [0.25, 0.3) is 0 Å². The minimum Gasteiger partial charge on any atom is -0.491 e. The monoisotopic (exact) mass is 294 g/mol. The van der Waals surface area contributed by atoms with Gasteiger partial charge in [0.2, 0.25) is 0 Å². The maximum Gasteiger partial charge on any atom is 0.123 e. The van der Waals surface area contributed by atoms with Crippen molar-refractivity contribution in [2.45, 2.75) is 39.8 Å². The fourth-order valence-corrected chi connectivity index (χ4v) is 2.25. The van der Waals surface area contributed by atoms with Crippen LogP contribution in [0.4, 0.5) is 0 Å². The van der Waals surface area contributed by atoms with Crippen LogP contribution in [0.3, 0.4) is 0 Å². The van der Waals surface area contributed by atoms with Crippen LogP contribution >= 0.6 is 0 Å². The number of para-hydroxylation sites is 1. The quantitative estimate of drug-likeness (QED) is 0.695. The largest absolute Gasteiger partial charge is 0.491 e. The van der Waals surface area contributed by atoms with Crippen LogP contribution < -0.4 is 10.5 Å². The van der Waals surface area contributed by atoms with E-state index in [0.717, 1.165) is 30.8 Å². The molecule has 1 aromatic rings. The Morgan fingerprint density at radius 3 is 2.57 bits per heavy atom. The Balaban J connectivity index is 2.43. The van der Waals surface area contributed by atoms with E-state index in [4.69, 9.17) is 10.5 Å². The number of hydrogen-bond donors (Lipinski definition) is 2. The summed E-state index contributed by atoms with van der Waals surface area (Å²) in [5.41, 5.74) is 6.65. The molecule has 0 spiro atoms. The average Bonchev–Trinajstić information content (AvgIpc) is 2.52. The number of likely N-dealkylation sites (N-methyl/N-ethyl adjacent to an activating group) is 1. The molecule has 0 aromatic heterocycles. The van der Waals surface area contributed by atoms with Crippen molar-refractivity contribution in [1.82, 2.24) is 4.90 Å². The molecule has 0 aliphatic heterocycles. The molecule has 0 fully saturated rings. The first-order valence-electron chi connectivity index (χ1n) is 7.91. The normalized spacial score (nSPS) is 14.2. The molecule has 0 bridgehead atoms. The highest BCUT2D eigenvalue weighted by molar-refractivity contribution is 5.32. The Morgan fingerprint density at radius 1 is 1.24 bits per heavy atom. The highest BCUT2D eigenvalue weighted by Gasteiger charge is 2.13. The molecule has 0 aliphatic rings. The average molecular weight is 294 g/mol. The van der Waals surface area contributed by atoms with E-state index >= 15 is 0 Å². The molecule has 4 heteroatoms. The van der Waals surface area contributed by atoms with Gasteiger partial charge in [-0.2, -0.15) is 0 Å². The molecule has 2 unspecified atom stereocenters. The Hall–Kier alpha value is -1.10. The number of hydrogen-bond acceptors (Lipinski definition) is 4. The van der Waals surface area contributed by atoms with Gasteiger partial charge in [-0.3, -0.25) is 0 Å². The molecule has 0 saturated heterocycles. The summed E-state index contributed by atoms with van der Waals surface area (Å²) in [7, 11) is 0. The molecule has 4 nitrogen and oxygen atoms in total. The lowest BCUT2D eigenvalue weighted by molar-refractivity contribution is 0.0648. The van der Waals surface area contributed by atoms with E-state index in [-0.39, 0.29) is 0 Å². The number of aliphatic hydroxyl groups excluding tert-OH is 1. The molecule has 1 rings (SSSR count). The van der Waals surface area contributed by atoms with Crippen LogP contribution in [-0.2, 0) is 6.54 Å². The summed E-state index contributed by atoms with van der Waals surface area (Å²) in [6.07, 6.45) is 0.673. The molecule has 3 N–H and O–H groups in total. The number of rotatable bonds is 10. The van der Waals surface area contributed by atoms with E-state index < -0.39 is 6.10 Å². The fourth-order valence-electron chi connectivity index (χ4n) is 2.25. The Labute approximate surface area is 128 Å². The van der Waals surface area contributed by atoms with E-state index in [0.29, 0.717) is 25.6 Å². The summed E-state index contributed by atoms with van der Waals surface area (Å²) < 4.78 is 5.71. The van der Waals surface area contributed by atoms with Gasteiger partial charge >= 0.3 is 0 Å². The van der Waals surface area contributed by atoms with Gasteiger partial charge in [-0.15, -0.1) is 0 Å². The van der Waals surface area contributed by atoms with Gasteiger partial charge in [0.1, 0.15) is 18.5 Å². The van der Waals surface area contributed by atoms with E-state index in [1.54, 1.807) is 0 Å². The van der Waals surface area contributed by atoms with Crippen LogP contribution in [0, 0.1) is 5.92 Å². The number of nitrogens with zero attached hydrogens (tertiary/aromatic N) is 1. The van der Waals surface area contributed by atoms with Crippen molar-refractivity contribution < 1.29 is 9.84 Å². The highest BCUT2D eigenvalue weighted by Crippen LogP contribution is 2.17. The SMILES string of the molecule is CCC(C)CN(CC)CC(O)COc1ccccc1CN. The third kappa shape index (κ3) is 6.46. The van der Waals surface area contributed by atoms with E-state index in [2.05, 4.69) is 25.7 Å². The summed E-state index contributed by atoms with van der Waals surface area (Å²) >= 11 is 0. The van der Waals surface area contributed by atoms with E-state index in [9.17, 15) is 5.11 Å². The zero-order valence-electron chi connectivity index (χ0n) is 13.6. The van der Waals surface area contributed by atoms with Crippen LogP contribution in [0.1, 0.15) is 32.8 Å². The second-order valence-corrected chi connectivity index (χ2v) is 5.64. The van der Waals surface area contributed by atoms with E-state index in [1.807, 2.05) is 24.3 Å². The summed E-state index contributed by atoms with van der Waals surface area (Å²) in [6.45, 7) is 9.91. The first kappa shape index (κ1) is 18.0. The van der Waals surface area contributed by atoms with Gasteiger partial charge in [0.05, 0.1) is 0 Å². The standard InChI is InChI=1S/C17H30N2O2/c1-4-14(3)11-19(5-2)12-16(20)13-21-17-9-7-6-8-15(17)10-18/h6-9,14,16,20H,4-5,10-13,18H2,1-3H3. The van der Waals surface area contributed by atoms with Crippen molar-refractivity contribution in [3.8, 4) is 5.75 Å². The Morgan fingerprint density at radius 2 is 1.95 bits per heavy atom. The lowest BCUT2D eigenvalue weighted by atomic mass is 10.1. The fraction of sp³-hybridized carbons (Fsp3) is 0.647. The summed E-state index contributed by atoms with van der Waals surface area (Å²) in [5, 5.41) is 10.2. The summed E-state index contributed by atoms with van der Waals surface area (Å²) in [6, 6.07) is 7.70. The van der Waals surface area contributed by atoms with Gasteiger partial charge in [0.25, 0.3) is 0 Å². The lowest BCUT2D eigenvalue weighted by Gasteiger charge is -2.26. The number of benzene rings is 1. The minimum absolute atomic E-state index is 0.300. The molecule has 0 aliphatic carbocycles. The van der Waals surface area contributed by atoms with Crippen LogP contribution in [0.15, 0.2) is 24.3 Å². The van der Waals surface area contributed by atoms with Crippen LogP contribution in [0.5, 0.6) is 5.75 Å². The predicted octanol–water partition coefficient (Wildman–Crippen LogP) is 2.25. The summed E-state index contributed by atoms with van der Waals surface area (Å²) in [4.78, 5) is 2.27. The minimum atomic E-state index is -0.486. The third-order valence-electron chi connectivity index (χ3n) is 3.81. The van der Waals surface area contributed by atoms with Crippen molar-refractivity contribution in [3.05, 3.63) is 29.8 Å². The van der Waals surface area contributed by atoms with Gasteiger partial charge in [0.15, 0.2) is 0 Å². The first-order valence-corrected chi connectivity index (χ1v) is 7.91. The van der Waals surface area contributed by atoms with Gasteiger partial charge in [-0.05, 0) is 18.5 Å². The molecule has 0 heterocycles. The maximum atomic E-state index is 10.2. The zero-order chi connectivity index (χ0) is 15.7. The highest BCUT2D eigenvalue weighted by atomic mass is 16.5. The number of aliphatic hydroxyl groups is 1. The first-order chi connectivity index (χ1) is 10.1. The molecular weight excluding hydrogens is 264 g/mol. The second kappa shape index (κ2) is 9.77. The summed E-state index contributed by atoms with van der Waals surface area (Å²) in [5.74, 6) is 1.42. The van der Waals surface area contributed by atoms with Crippen molar-refractivity contribution >= 4 is 0 Å². The molecule has 0 saturated carbocycles. The molecule has 21 heavy (non-hydrogen) atoms. The van der Waals surface area contributed by atoms with E-state index in [1.165, 1.54) is 0 Å². The molecule has 0 amide bonds. The Kier molecular flexibility index (Phi) is 8.35. The van der Waals surface area contributed by atoms with Crippen LogP contribution in [0.2, 0.25) is 0 Å². The number of ether oxygens (including phenoxy) is 1. The zero-order valence-corrected chi connectivity index (χ0v) is 13.6. The Bertz CT molecular complexity index is 398.